The molecule has 1 atom stereocenters. The van der Waals surface area contributed by atoms with Crippen LogP contribution in [0.5, 0.6) is 0 Å². The molecule has 34 heavy (non-hydrogen) atoms. The average molecular weight is 463 g/mol. The highest BCUT2D eigenvalue weighted by Gasteiger charge is 2.25. The van der Waals surface area contributed by atoms with Gasteiger partial charge in [-0.15, -0.1) is 0 Å². The van der Waals surface area contributed by atoms with E-state index in [1.165, 1.54) is 22.5 Å². The lowest BCUT2D eigenvalue weighted by Gasteiger charge is -2.34. The van der Waals surface area contributed by atoms with Crippen LogP contribution in [0.3, 0.4) is 0 Å². The van der Waals surface area contributed by atoms with Crippen molar-refractivity contribution in [2.45, 2.75) is 44.7 Å². The number of anilines is 2. The highest BCUT2D eigenvalue weighted by molar-refractivity contribution is 5.94. The molecule has 3 aliphatic rings. The summed E-state index contributed by atoms with van der Waals surface area (Å²) in [5, 5.41) is 13.2. The normalized spacial score (nSPS) is 21.1. The molecule has 6 nitrogen and oxygen atoms in total. The van der Waals surface area contributed by atoms with E-state index in [-0.39, 0.29) is 18.4 Å². The quantitative estimate of drug-likeness (QED) is 0.690. The van der Waals surface area contributed by atoms with Gasteiger partial charge in [-0.25, -0.2) is 0 Å². The molecule has 3 aliphatic heterocycles. The summed E-state index contributed by atoms with van der Waals surface area (Å²) in [6.07, 6.45) is 5.40. The molecule has 0 unspecified atom stereocenters. The van der Waals surface area contributed by atoms with Crippen LogP contribution < -0.4 is 15.1 Å². The van der Waals surface area contributed by atoms with Crippen LogP contribution >= 0.6 is 0 Å². The van der Waals surface area contributed by atoms with Crippen LogP contribution in [-0.2, 0) is 13.0 Å². The Morgan fingerprint density at radius 1 is 1.03 bits per heavy atom. The largest absolute Gasteiger partial charge is 0.396 e. The SMILES string of the molecule is CN1CCc2cc(CNC3CCN(c4ccc(C(=O)N5CCC[C@@H](CO)C5)cc4)CC3)ccc21. The lowest BCUT2D eigenvalue weighted by Crippen LogP contribution is -2.42. The Bertz CT molecular complexity index is 984. The Hall–Kier alpha value is -2.57. The van der Waals surface area contributed by atoms with E-state index >= 15 is 0 Å². The smallest absolute Gasteiger partial charge is 0.253 e. The first kappa shape index (κ1) is 23.2. The third-order valence-electron chi connectivity index (χ3n) is 7.91. The Kier molecular flexibility index (Phi) is 7.07. The van der Waals surface area contributed by atoms with Gasteiger partial charge in [0.15, 0.2) is 0 Å². The van der Waals surface area contributed by atoms with Gasteiger partial charge in [0, 0.05) is 75.9 Å². The van der Waals surface area contributed by atoms with Gasteiger partial charge in [-0.2, -0.15) is 0 Å². The van der Waals surface area contributed by atoms with Gasteiger partial charge in [0.1, 0.15) is 0 Å². The molecule has 0 radical (unpaired) electrons. The number of aliphatic hydroxyl groups is 1. The first-order chi connectivity index (χ1) is 16.6. The molecule has 0 aromatic heterocycles. The topological polar surface area (TPSA) is 59.0 Å². The number of hydrogen-bond donors (Lipinski definition) is 2. The predicted octanol–water partition coefficient (Wildman–Crippen LogP) is 3.28. The van der Waals surface area contributed by atoms with Gasteiger partial charge >= 0.3 is 0 Å². The van der Waals surface area contributed by atoms with Crippen LogP contribution in [0.1, 0.15) is 47.2 Å². The third kappa shape index (κ3) is 5.08. The number of carbonyl (C=O) groups excluding carboxylic acids is 1. The standard InChI is InChI=1S/C28H38N4O2/c1-30-14-10-24-17-21(4-9-27(24)30)18-29-25-11-15-31(16-12-25)26-7-5-23(6-8-26)28(34)32-13-2-3-22(19-32)20-33/h4-9,17,22,25,29,33H,2-3,10-16,18-20H2,1H3/t22-/m1/s1. The van der Waals surface area contributed by atoms with Gasteiger partial charge < -0.3 is 25.1 Å². The number of carbonyl (C=O) groups is 1. The van der Waals surface area contributed by atoms with Crippen LogP contribution in [0.25, 0.3) is 0 Å². The molecule has 0 saturated carbocycles. The minimum Gasteiger partial charge on any atom is -0.396 e. The van der Waals surface area contributed by atoms with E-state index in [0.29, 0.717) is 12.6 Å². The lowest BCUT2D eigenvalue weighted by atomic mass is 9.98. The lowest BCUT2D eigenvalue weighted by molar-refractivity contribution is 0.0620. The number of likely N-dealkylation sites (N-methyl/N-ethyl adjacent to an activating group) is 1. The molecule has 2 aromatic carbocycles. The first-order valence-corrected chi connectivity index (χ1v) is 12.9. The Morgan fingerprint density at radius 2 is 1.82 bits per heavy atom. The number of likely N-dealkylation sites (tertiary alicyclic amines) is 1. The van der Waals surface area contributed by atoms with E-state index in [4.69, 9.17) is 0 Å². The van der Waals surface area contributed by atoms with E-state index in [1.54, 1.807) is 0 Å². The second-order valence-corrected chi connectivity index (χ2v) is 10.3. The van der Waals surface area contributed by atoms with Crippen molar-refractivity contribution in [3.8, 4) is 0 Å². The second-order valence-electron chi connectivity index (χ2n) is 10.3. The second kappa shape index (κ2) is 10.4. The summed E-state index contributed by atoms with van der Waals surface area (Å²) in [6, 6.07) is 15.6. The molecule has 2 saturated heterocycles. The van der Waals surface area contributed by atoms with Crippen LogP contribution in [0, 0.1) is 5.92 Å². The van der Waals surface area contributed by atoms with Gasteiger partial charge in [-0.3, -0.25) is 4.79 Å². The van der Waals surface area contributed by atoms with Gasteiger partial charge in [0.25, 0.3) is 5.91 Å². The minimum atomic E-state index is 0.0887. The van der Waals surface area contributed by atoms with Gasteiger partial charge in [-0.05, 0) is 79.5 Å². The predicted molar refractivity (Wildman–Crippen MR) is 138 cm³/mol. The molecule has 3 heterocycles. The van der Waals surface area contributed by atoms with Crippen molar-refractivity contribution in [2.24, 2.45) is 5.92 Å². The van der Waals surface area contributed by atoms with E-state index in [9.17, 15) is 9.90 Å². The highest BCUT2D eigenvalue weighted by atomic mass is 16.3. The third-order valence-corrected chi connectivity index (χ3v) is 7.91. The summed E-state index contributed by atoms with van der Waals surface area (Å²) in [5.41, 5.74) is 6.20. The summed E-state index contributed by atoms with van der Waals surface area (Å²) in [5.74, 6) is 0.307. The van der Waals surface area contributed by atoms with Gasteiger partial charge in [0.2, 0.25) is 0 Å². The molecule has 0 spiro atoms. The summed E-state index contributed by atoms with van der Waals surface area (Å²) in [4.78, 5) is 19.5. The molecule has 0 bridgehead atoms. The number of aliphatic hydroxyl groups excluding tert-OH is 1. The van der Waals surface area contributed by atoms with Crippen molar-refractivity contribution >= 4 is 17.3 Å². The van der Waals surface area contributed by atoms with Crippen molar-refractivity contribution in [3.05, 3.63) is 59.2 Å². The van der Waals surface area contributed by atoms with Crippen LogP contribution in [0.4, 0.5) is 11.4 Å². The summed E-state index contributed by atoms with van der Waals surface area (Å²) in [6.45, 7) is 5.75. The van der Waals surface area contributed by atoms with Crippen molar-refractivity contribution in [1.29, 1.82) is 0 Å². The molecule has 2 N–H and O–H groups in total. The average Bonchev–Trinajstić information content (AvgIpc) is 3.27. The number of piperidine rings is 2. The minimum absolute atomic E-state index is 0.0887. The van der Waals surface area contributed by atoms with Crippen LogP contribution in [-0.4, -0.2) is 68.3 Å². The molecule has 6 heteroatoms. The zero-order chi connectivity index (χ0) is 23.5. The number of nitrogens with zero attached hydrogens (tertiary/aromatic N) is 3. The molecule has 0 aliphatic carbocycles. The zero-order valence-corrected chi connectivity index (χ0v) is 20.4. The van der Waals surface area contributed by atoms with E-state index in [1.807, 2.05) is 17.0 Å². The maximum Gasteiger partial charge on any atom is 0.253 e. The molecule has 1 amide bonds. The number of rotatable bonds is 6. The monoisotopic (exact) mass is 462 g/mol. The molecular weight excluding hydrogens is 424 g/mol. The molecule has 182 valence electrons. The van der Waals surface area contributed by atoms with Crippen LogP contribution in [0.2, 0.25) is 0 Å². The fourth-order valence-corrected chi connectivity index (χ4v) is 5.73. The number of benzene rings is 2. The number of fused-ring (bicyclic) bond motifs is 1. The molecule has 5 rings (SSSR count). The van der Waals surface area contributed by atoms with Crippen LogP contribution in [0.15, 0.2) is 42.5 Å². The Morgan fingerprint density at radius 3 is 2.59 bits per heavy atom. The Labute approximate surface area is 203 Å². The van der Waals surface area contributed by atoms with Crippen molar-refractivity contribution in [3.63, 3.8) is 0 Å². The summed E-state index contributed by atoms with van der Waals surface area (Å²) in [7, 11) is 2.17. The van der Waals surface area contributed by atoms with Crippen molar-refractivity contribution in [2.75, 3.05) is 56.2 Å². The van der Waals surface area contributed by atoms with E-state index < -0.39 is 0 Å². The zero-order valence-electron chi connectivity index (χ0n) is 20.4. The maximum atomic E-state index is 12.9. The number of amides is 1. The number of nitrogens with one attached hydrogen (secondary N) is 1. The summed E-state index contributed by atoms with van der Waals surface area (Å²) < 4.78 is 0. The first-order valence-electron chi connectivity index (χ1n) is 12.9. The van der Waals surface area contributed by atoms with Crippen molar-refractivity contribution < 1.29 is 9.90 Å². The fraction of sp³-hybridized carbons (Fsp3) is 0.536. The van der Waals surface area contributed by atoms with E-state index in [2.05, 4.69) is 52.5 Å². The molecular formula is C28H38N4O2. The van der Waals surface area contributed by atoms with E-state index in [0.717, 1.165) is 70.4 Å². The summed E-state index contributed by atoms with van der Waals surface area (Å²) >= 11 is 0. The molecule has 2 aromatic rings. The Balaban J connectivity index is 1.10. The van der Waals surface area contributed by atoms with Crippen molar-refractivity contribution in [1.82, 2.24) is 10.2 Å². The maximum absolute atomic E-state index is 12.9. The molecule has 2 fully saturated rings. The van der Waals surface area contributed by atoms with Gasteiger partial charge in [0.05, 0.1) is 0 Å². The van der Waals surface area contributed by atoms with Gasteiger partial charge in [-0.1, -0.05) is 12.1 Å². The highest BCUT2D eigenvalue weighted by Crippen LogP contribution is 2.28. The fourth-order valence-electron chi connectivity index (χ4n) is 5.73. The number of hydrogen-bond acceptors (Lipinski definition) is 5.